The molecule has 8 heteroatoms. The van der Waals surface area contributed by atoms with Crippen molar-refractivity contribution in [2.24, 2.45) is 0 Å². The average Bonchev–Trinajstić information content (AvgIpc) is 2.66. The summed E-state index contributed by atoms with van der Waals surface area (Å²) in [7, 11) is 1.53. The van der Waals surface area contributed by atoms with Gasteiger partial charge in [0.1, 0.15) is 16.7 Å². The summed E-state index contributed by atoms with van der Waals surface area (Å²) in [6.45, 7) is 1.35. The molecule has 0 spiro atoms. The van der Waals surface area contributed by atoms with E-state index in [9.17, 15) is 9.59 Å². The smallest absolute Gasteiger partial charge is 0.349 e. The highest BCUT2D eigenvalue weighted by Gasteiger charge is 2.18. The highest BCUT2D eigenvalue weighted by Crippen LogP contribution is 2.30. The van der Waals surface area contributed by atoms with E-state index in [1.54, 1.807) is 18.2 Å². The zero-order valence-electron chi connectivity index (χ0n) is 14.9. The summed E-state index contributed by atoms with van der Waals surface area (Å²) in [4.78, 5) is 33.4. The molecule has 0 saturated carbocycles. The van der Waals surface area contributed by atoms with Crippen LogP contribution in [0.3, 0.4) is 0 Å². The summed E-state index contributed by atoms with van der Waals surface area (Å²) in [6, 6.07) is 12.6. The molecule has 7 nitrogen and oxygen atoms in total. The van der Waals surface area contributed by atoms with Crippen LogP contribution in [0.4, 0.5) is 5.82 Å². The number of rotatable bonds is 3. The van der Waals surface area contributed by atoms with Crippen LogP contribution in [-0.2, 0) is 4.79 Å². The highest BCUT2D eigenvalue weighted by molar-refractivity contribution is 9.10. The monoisotopic (exact) mass is 439 g/mol. The second kappa shape index (κ2) is 7.05. The van der Waals surface area contributed by atoms with Gasteiger partial charge in [-0.3, -0.25) is 4.79 Å². The van der Waals surface area contributed by atoms with Crippen molar-refractivity contribution < 1.29 is 13.9 Å². The molecule has 0 aliphatic rings. The fourth-order valence-corrected chi connectivity index (χ4v) is 3.32. The Bertz CT molecular complexity index is 1300. The summed E-state index contributed by atoms with van der Waals surface area (Å²) < 4.78 is 11.5. The number of hydrogen-bond donors (Lipinski definition) is 1. The van der Waals surface area contributed by atoms with Gasteiger partial charge in [0.2, 0.25) is 5.91 Å². The normalized spacial score (nSPS) is 11.0. The van der Waals surface area contributed by atoms with E-state index in [0.717, 1.165) is 10.0 Å². The number of benzene rings is 2. The lowest BCUT2D eigenvalue weighted by Crippen LogP contribution is -2.13. The topological polar surface area (TPSA) is 94.3 Å². The van der Waals surface area contributed by atoms with Gasteiger partial charge < -0.3 is 14.5 Å². The molecule has 0 bridgehead atoms. The quantitative estimate of drug-likeness (QED) is 0.380. The lowest BCUT2D eigenvalue weighted by Gasteiger charge is -2.10. The molecule has 4 aromatic rings. The number of hydrogen-bond acceptors (Lipinski definition) is 6. The lowest BCUT2D eigenvalue weighted by molar-refractivity contribution is -0.114. The Morgan fingerprint density at radius 2 is 2.00 bits per heavy atom. The largest absolute Gasteiger partial charge is 0.497 e. The van der Waals surface area contributed by atoms with Gasteiger partial charge in [0.05, 0.1) is 12.6 Å². The van der Waals surface area contributed by atoms with Crippen molar-refractivity contribution in [2.45, 2.75) is 6.92 Å². The van der Waals surface area contributed by atoms with Crippen molar-refractivity contribution in [3.05, 3.63) is 57.4 Å². The second-order valence-electron chi connectivity index (χ2n) is 6.06. The molecule has 0 unspecified atom stereocenters. The number of nitrogens with zero attached hydrogens (tertiary/aromatic N) is 2. The molecule has 0 radical (unpaired) electrons. The predicted octanol–water partition coefficient (Wildman–Crippen LogP) is 4.13. The third-order valence-electron chi connectivity index (χ3n) is 4.14. The standard InChI is InChI=1S/C20H14BrN3O4/c1-10(25)22-19-16-17(23-18(24-19)11-4-3-5-12(21)8-11)14-7-6-13(27-2)9-15(14)28-20(16)26/h3-9H,1-2H3,(H,22,23,24,25). The molecule has 1 N–H and O–H groups in total. The average molecular weight is 440 g/mol. The highest BCUT2D eigenvalue weighted by atomic mass is 79.9. The first kappa shape index (κ1) is 18.1. The van der Waals surface area contributed by atoms with Crippen molar-refractivity contribution in [1.29, 1.82) is 0 Å². The van der Waals surface area contributed by atoms with Crippen LogP contribution in [0.2, 0.25) is 0 Å². The van der Waals surface area contributed by atoms with Gasteiger partial charge in [-0.15, -0.1) is 0 Å². The summed E-state index contributed by atoms with van der Waals surface area (Å²) in [5.74, 6) is 0.687. The first-order chi connectivity index (χ1) is 13.5. The molecule has 4 rings (SSSR count). The van der Waals surface area contributed by atoms with E-state index in [2.05, 4.69) is 31.2 Å². The van der Waals surface area contributed by atoms with E-state index in [0.29, 0.717) is 28.1 Å². The maximum atomic E-state index is 12.7. The number of methoxy groups -OCH3 is 1. The number of nitrogens with one attached hydrogen (secondary N) is 1. The number of carbonyl (C=O) groups excluding carboxylic acids is 1. The van der Waals surface area contributed by atoms with Gasteiger partial charge in [-0.25, -0.2) is 14.8 Å². The predicted molar refractivity (Wildman–Crippen MR) is 110 cm³/mol. The van der Waals surface area contributed by atoms with Gasteiger partial charge in [-0.2, -0.15) is 0 Å². The Kier molecular flexibility index (Phi) is 4.56. The molecule has 0 aliphatic carbocycles. The molecular weight excluding hydrogens is 426 g/mol. The van der Waals surface area contributed by atoms with Crippen LogP contribution in [0, 0.1) is 0 Å². The Labute approximate surface area is 167 Å². The molecule has 2 aromatic carbocycles. The van der Waals surface area contributed by atoms with E-state index in [1.165, 1.54) is 14.0 Å². The number of carbonyl (C=O) groups is 1. The van der Waals surface area contributed by atoms with Crippen molar-refractivity contribution in [1.82, 2.24) is 9.97 Å². The number of ether oxygens (including phenoxy) is 1. The molecule has 0 atom stereocenters. The minimum absolute atomic E-state index is 0.110. The molecule has 1 amide bonds. The van der Waals surface area contributed by atoms with Crippen molar-refractivity contribution >= 4 is 49.5 Å². The van der Waals surface area contributed by atoms with E-state index >= 15 is 0 Å². The summed E-state index contributed by atoms with van der Waals surface area (Å²) in [5.41, 5.74) is 0.824. The Morgan fingerprint density at radius 3 is 2.71 bits per heavy atom. The van der Waals surface area contributed by atoms with Gasteiger partial charge in [0, 0.05) is 28.4 Å². The molecule has 2 aromatic heterocycles. The number of halogens is 1. The number of amides is 1. The van der Waals surface area contributed by atoms with E-state index in [1.807, 2.05) is 24.3 Å². The van der Waals surface area contributed by atoms with Gasteiger partial charge in [-0.05, 0) is 24.3 Å². The fourth-order valence-electron chi connectivity index (χ4n) is 2.92. The van der Waals surface area contributed by atoms with Crippen LogP contribution < -0.4 is 15.7 Å². The lowest BCUT2D eigenvalue weighted by atomic mass is 10.1. The summed E-state index contributed by atoms with van der Waals surface area (Å²) in [5, 5.41) is 3.34. The van der Waals surface area contributed by atoms with Crippen LogP contribution >= 0.6 is 15.9 Å². The fraction of sp³-hybridized carbons (Fsp3) is 0.100. The van der Waals surface area contributed by atoms with Crippen LogP contribution in [0.1, 0.15) is 6.92 Å². The van der Waals surface area contributed by atoms with Crippen molar-refractivity contribution in [3.63, 3.8) is 0 Å². The van der Waals surface area contributed by atoms with Crippen molar-refractivity contribution in [2.75, 3.05) is 12.4 Å². The van der Waals surface area contributed by atoms with Gasteiger partial charge in [-0.1, -0.05) is 28.1 Å². The van der Waals surface area contributed by atoms with Crippen LogP contribution in [0.25, 0.3) is 33.3 Å². The third kappa shape index (κ3) is 3.22. The Morgan fingerprint density at radius 1 is 1.18 bits per heavy atom. The molecule has 0 fully saturated rings. The second-order valence-corrected chi connectivity index (χ2v) is 6.98. The summed E-state index contributed by atoms with van der Waals surface area (Å²) >= 11 is 3.43. The van der Waals surface area contributed by atoms with Gasteiger partial charge in [0.15, 0.2) is 11.6 Å². The molecule has 0 saturated heterocycles. The van der Waals surface area contributed by atoms with E-state index in [4.69, 9.17) is 9.15 Å². The van der Waals surface area contributed by atoms with Crippen molar-refractivity contribution in [3.8, 4) is 17.1 Å². The van der Waals surface area contributed by atoms with Gasteiger partial charge in [0.25, 0.3) is 0 Å². The Hall–Kier alpha value is -3.26. The molecular formula is C20H14BrN3O4. The van der Waals surface area contributed by atoms with E-state index < -0.39 is 5.63 Å². The summed E-state index contributed by atoms with van der Waals surface area (Å²) in [6.07, 6.45) is 0. The Balaban J connectivity index is 2.11. The molecule has 2 heterocycles. The number of fused-ring (bicyclic) bond motifs is 3. The maximum absolute atomic E-state index is 12.7. The first-order valence-corrected chi connectivity index (χ1v) is 9.11. The molecule has 140 valence electrons. The third-order valence-corrected chi connectivity index (χ3v) is 4.63. The molecule has 28 heavy (non-hydrogen) atoms. The minimum Gasteiger partial charge on any atom is -0.497 e. The van der Waals surface area contributed by atoms with E-state index in [-0.39, 0.29) is 17.1 Å². The van der Waals surface area contributed by atoms with Crippen LogP contribution in [0.15, 0.2) is 56.1 Å². The van der Waals surface area contributed by atoms with Crippen LogP contribution in [-0.4, -0.2) is 23.0 Å². The zero-order chi connectivity index (χ0) is 19.8. The van der Waals surface area contributed by atoms with Gasteiger partial charge >= 0.3 is 5.63 Å². The minimum atomic E-state index is -0.639. The number of aromatic nitrogens is 2. The zero-order valence-corrected chi connectivity index (χ0v) is 16.5. The SMILES string of the molecule is COc1ccc2c(c1)oc(=O)c1c(NC(C)=O)nc(-c3cccc(Br)c3)nc12. The maximum Gasteiger partial charge on any atom is 0.349 e. The first-order valence-electron chi connectivity index (χ1n) is 8.32. The number of anilines is 1. The molecule has 0 aliphatic heterocycles. The van der Waals surface area contributed by atoms with Crippen LogP contribution in [0.5, 0.6) is 5.75 Å².